The van der Waals surface area contributed by atoms with E-state index in [4.69, 9.17) is 8.53 Å². The van der Waals surface area contributed by atoms with Crippen molar-refractivity contribution in [3.05, 3.63) is 102 Å². The zero-order chi connectivity index (χ0) is 22.5. The summed E-state index contributed by atoms with van der Waals surface area (Å²) >= 11 is 0. The lowest BCUT2D eigenvalue weighted by Gasteiger charge is -2.28. The fourth-order valence-corrected chi connectivity index (χ4v) is 4.08. The number of hydrogen-bond acceptors (Lipinski definition) is 2. The van der Waals surface area contributed by atoms with Crippen molar-refractivity contribution in [3.8, 4) is 11.3 Å². The van der Waals surface area contributed by atoms with Gasteiger partial charge >= 0.3 is 0 Å². The van der Waals surface area contributed by atoms with Crippen LogP contribution in [0.15, 0.2) is 89.5 Å². The van der Waals surface area contributed by atoms with Gasteiger partial charge in [-0.25, -0.2) is 0 Å². The predicted molar refractivity (Wildman–Crippen MR) is 120 cm³/mol. The number of nitrogens with zero attached hydrogens (tertiary/aromatic N) is 1. The standard InChI is InChI=1S/C27H23NO/c1-18-17-28-24(16-23(18)27(2,3)19-10-5-4-6-11-19)22-14-9-13-21-20-12-7-8-15-25(20)29-26(21)22/h4-17H,1-3H3/i1D3. The van der Waals surface area contributed by atoms with E-state index < -0.39 is 12.3 Å². The summed E-state index contributed by atoms with van der Waals surface area (Å²) in [6, 6.07) is 25.8. The fourth-order valence-electron chi connectivity index (χ4n) is 4.08. The molecule has 142 valence electrons. The number of rotatable bonds is 3. The Morgan fingerprint density at radius 1 is 0.862 bits per heavy atom. The van der Waals surface area contributed by atoms with Gasteiger partial charge < -0.3 is 4.42 Å². The van der Waals surface area contributed by atoms with E-state index in [9.17, 15) is 0 Å². The number of pyridine rings is 1. The van der Waals surface area contributed by atoms with Gasteiger partial charge in [0.2, 0.25) is 0 Å². The van der Waals surface area contributed by atoms with Crippen LogP contribution in [0.3, 0.4) is 0 Å². The summed E-state index contributed by atoms with van der Waals surface area (Å²) in [4.78, 5) is 4.58. The van der Waals surface area contributed by atoms with E-state index in [1.54, 1.807) is 0 Å². The highest BCUT2D eigenvalue weighted by Crippen LogP contribution is 2.38. The van der Waals surface area contributed by atoms with E-state index in [1.807, 2.05) is 78.9 Å². The first-order valence-corrected chi connectivity index (χ1v) is 9.74. The molecule has 29 heavy (non-hydrogen) atoms. The first-order chi connectivity index (χ1) is 15.3. The number of hydrogen-bond donors (Lipinski definition) is 0. The SMILES string of the molecule is [2H]C([2H])([2H])c1cnc(-c2cccc3c2oc2ccccc23)cc1C(C)(C)c1ccccc1. The van der Waals surface area contributed by atoms with Crippen LogP contribution in [-0.2, 0) is 5.41 Å². The van der Waals surface area contributed by atoms with Crippen molar-refractivity contribution in [2.45, 2.75) is 26.1 Å². The van der Waals surface area contributed by atoms with Crippen LogP contribution in [0.2, 0.25) is 0 Å². The van der Waals surface area contributed by atoms with E-state index >= 15 is 0 Å². The molecule has 0 unspecified atom stereocenters. The lowest BCUT2D eigenvalue weighted by molar-refractivity contribution is 0.634. The van der Waals surface area contributed by atoms with Gasteiger partial charge in [-0.1, -0.05) is 74.5 Å². The van der Waals surface area contributed by atoms with Gasteiger partial charge in [0.05, 0.1) is 5.69 Å². The molecule has 0 saturated heterocycles. The average Bonchev–Trinajstić information content (AvgIpc) is 3.17. The maximum Gasteiger partial charge on any atom is 0.144 e. The van der Waals surface area contributed by atoms with Crippen LogP contribution in [0.4, 0.5) is 0 Å². The number of furan rings is 1. The lowest BCUT2D eigenvalue weighted by atomic mass is 9.76. The molecule has 0 atom stereocenters. The molecule has 5 aromatic rings. The second-order valence-electron chi connectivity index (χ2n) is 7.89. The van der Waals surface area contributed by atoms with Crippen molar-refractivity contribution < 1.29 is 8.53 Å². The first-order valence-electron chi connectivity index (χ1n) is 11.2. The highest BCUT2D eigenvalue weighted by molar-refractivity contribution is 6.09. The Morgan fingerprint density at radius 3 is 2.45 bits per heavy atom. The second-order valence-corrected chi connectivity index (χ2v) is 7.89. The molecule has 0 N–H and O–H groups in total. The van der Waals surface area contributed by atoms with E-state index in [0.717, 1.165) is 38.6 Å². The van der Waals surface area contributed by atoms with Crippen molar-refractivity contribution in [3.63, 3.8) is 0 Å². The predicted octanol–water partition coefficient (Wildman–Crippen LogP) is 7.28. The number of fused-ring (bicyclic) bond motifs is 3. The Hall–Kier alpha value is -3.39. The molecule has 0 amide bonds. The van der Waals surface area contributed by atoms with E-state index in [-0.39, 0.29) is 5.56 Å². The zero-order valence-corrected chi connectivity index (χ0v) is 16.4. The Bertz CT molecular complexity index is 1430. The van der Waals surface area contributed by atoms with Crippen molar-refractivity contribution in [2.24, 2.45) is 0 Å². The summed E-state index contributed by atoms with van der Waals surface area (Å²) in [5, 5.41) is 2.07. The maximum absolute atomic E-state index is 8.11. The normalized spacial score (nSPS) is 13.9. The Labute approximate surface area is 175 Å². The van der Waals surface area contributed by atoms with Gasteiger partial charge in [0.1, 0.15) is 11.2 Å². The molecule has 0 aliphatic carbocycles. The molecule has 0 spiro atoms. The minimum absolute atomic E-state index is 0.270. The van der Waals surface area contributed by atoms with Crippen LogP contribution in [-0.4, -0.2) is 4.98 Å². The largest absolute Gasteiger partial charge is 0.455 e. The number of benzene rings is 3. The number of para-hydroxylation sites is 2. The van der Waals surface area contributed by atoms with Crippen LogP contribution in [0, 0.1) is 6.85 Å². The molecular formula is C27H23NO. The fraction of sp³-hybridized carbons (Fsp3) is 0.148. The summed E-state index contributed by atoms with van der Waals surface area (Å²) in [6.07, 6.45) is 1.50. The topological polar surface area (TPSA) is 26.0 Å². The lowest BCUT2D eigenvalue weighted by Crippen LogP contribution is -2.20. The summed E-state index contributed by atoms with van der Waals surface area (Å²) in [7, 11) is 0. The minimum atomic E-state index is -2.27. The Kier molecular flexibility index (Phi) is 3.32. The van der Waals surface area contributed by atoms with Gasteiger partial charge in [0, 0.05) is 32.1 Å². The first kappa shape index (κ1) is 14.6. The van der Waals surface area contributed by atoms with Crippen LogP contribution >= 0.6 is 0 Å². The van der Waals surface area contributed by atoms with Gasteiger partial charge in [-0.2, -0.15) is 0 Å². The summed E-state index contributed by atoms with van der Waals surface area (Å²) in [5.74, 6) is 0. The molecule has 0 fully saturated rings. The van der Waals surface area contributed by atoms with Crippen molar-refractivity contribution in [1.82, 2.24) is 4.98 Å². The third kappa shape index (κ3) is 2.84. The summed E-state index contributed by atoms with van der Waals surface area (Å²) in [6.45, 7) is 1.84. The van der Waals surface area contributed by atoms with Crippen LogP contribution in [0.5, 0.6) is 0 Å². The molecule has 0 bridgehead atoms. The quantitative estimate of drug-likeness (QED) is 0.329. The van der Waals surface area contributed by atoms with Crippen molar-refractivity contribution >= 4 is 21.9 Å². The Morgan fingerprint density at radius 2 is 1.62 bits per heavy atom. The molecule has 0 radical (unpaired) electrons. The minimum Gasteiger partial charge on any atom is -0.455 e. The zero-order valence-electron chi connectivity index (χ0n) is 19.4. The van der Waals surface area contributed by atoms with Gasteiger partial charge in [0.15, 0.2) is 0 Å². The molecule has 2 aromatic heterocycles. The van der Waals surface area contributed by atoms with Gasteiger partial charge in [0.25, 0.3) is 0 Å². The van der Waals surface area contributed by atoms with Crippen molar-refractivity contribution in [2.75, 3.05) is 0 Å². The van der Waals surface area contributed by atoms with Gasteiger partial charge in [-0.05, 0) is 41.7 Å². The molecule has 3 aromatic carbocycles. The number of aryl methyl sites for hydroxylation is 1. The van der Waals surface area contributed by atoms with Crippen molar-refractivity contribution in [1.29, 1.82) is 0 Å². The highest BCUT2D eigenvalue weighted by atomic mass is 16.3. The van der Waals surface area contributed by atoms with E-state index in [2.05, 4.69) is 18.8 Å². The second kappa shape index (κ2) is 6.59. The average molecular weight is 381 g/mol. The molecule has 0 aliphatic rings. The third-order valence-electron chi connectivity index (χ3n) is 5.75. The summed E-state index contributed by atoms with van der Waals surface area (Å²) < 4.78 is 30.5. The third-order valence-corrected chi connectivity index (χ3v) is 5.75. The molecule has 2 heterocycles. The van der Waals surface area contributed by atoms with E-state index in [1.165, 1.54) is 6.20 Å². The number of aromatic nitrogens is 1. The van der Waals surface area contributed by atoms with Crippen LogP contribution in [0.1, 0.15) is 34.7 Å². The van der Waals surface area contributed by atoms with Gasteiger partial charge in [-0.15, -0.1) is 0 Å². The molecular weight excluding hydrogens is 354 g/mol. The molecule has 0 saturated carbocycles. The molecule has 0 aliphatic heterocycles. The maximum atomic E-state index is 8.11. The summed E-state index contributed by atoms with van der Waals surface area (Å²) in [5.41, 5.74) is 4.65. The van der Waals surface area contributed by atoms with Crippen LogP contribution < -0.4 is 0 Å². The van der Waals surface area contributed by atoms with Gasteiger partial charge in [-0.3, -0.25) is 4.98 Å². The highest BCUT2D eigenvalue weighted by Gasteiger charge is 2.26. The van der Waals surface area contributed by atoms with E-state index in [0.29, 0.717) is 5.69 Å². The molecule has 2 heteroatoms. The molecule has 5 rings (SSSR count). The monoisotopic (exact) mass is 380 g/mol. The Balaban J connectivity index is 1.76. The van der Waals surface area contributed by atoms with Crippen LogP contribution in [0.25, 0.3) is 33.2 Å². The smallest absolute Gasteiger partial charge is 0.144 e. The molecule has 2 nitrogen and oxygen atoms in total.